The predicted molar refractivity (Wildman–Crippen MR) is 83.1 cm³/mol. The van der Waals surface area contributed by atoms with Crippen LogP contribution in [0, 0.1) is 5.92 Å². The van der Waals surface area contributed by atoms with Gasteiger partial charge in [-0.2, -0.15) is 0 Å². The van der Waals surface area contributed by atoms with E-state index in [2.05, 4.69) is 27.4 Å². The van der Waals surface area contributed by atoms with E-state index in [1.54, 1.807) is 6.20 Å². The van der Waals surface area contributed by atoms with Gasteiger partial charge in [-0.05, 0) is 44.8 Å². The summed E-state index contributed by atoms with van der Waals surface area (Å²) in [6.07, 6.45) is 5.22. The second-order valence-corrected chi connectivity index (χ2v) is 6.21. The summed E-state index contributed by atoms with van der Waals surface area (Å²) in [4.78, 5) is 18.4. The van der Waals surface area contributed by atoms with E-state index in [0.717, 1.165) is 38.5 Å². The highest BCUT2D eigenvalue weighted by Gasteiger charge is 2.18. The number of anilines is 1. The van der Waals surface area contributed by atoms with Crippen LogP contribution in [-0.4, -0.2) is 48.5 Å². The molecule has 0 spiro atoms. The molecule has 2 heterocycles. The molecule has 0 radical (unpaired) electrons. The summed E-state index contributed by atoms with van der Waals surface area (Å²) < 4.78 is 0. The molecule has 1 saturated heterocycles. The fourth-order valence-electron chi connectivity index (χ4n) is 2.63. The average molecular weight is 296 g/mol. The normalized spacial score (nSPS) is 16.5. The van der Waals surface area contributed by atoms with E-state index in [9.17, 15) is 4.79 Å². The standard InChI is InChI=1S/C14H24N4OS/c1-2-8-18(10-12-3-5-15-6-4-12)11-13(19)17-14-16-7-9-20-14/h7,9,12,15H,2-6,8,10-11H2,1H3,(H,16,17,19). The van der Waals surface area contributed by atoms with Gasteiger partial charge >= 0.3 is 0 Å². The SMILES string of the molecule is CCCN(CC(=O)Nc1nccs1)CC1CCNCC1. The van der Waals surface area contributed by atoms with Gasteiger partial charge in [-0.25, -0.2) is 4.98 Å². The molecule has 6 heteroatoms. The Balaban J connectivity index is 1.79. The number of thiazole rings is 1. The molecule has 1 aromatic heterocycles. The summed E-state index contributed by atoms with van der Waals surface area (Å²) in [5.41, 5.74) is 0. The van der Waals surface area contributed by atoms with E-state index in [-0.39, 0.29) is 5.91 Å². The lowest BCUT2D eigenvalue weighted by atomic mass is 9.97. The van der Waals surface area contributed by atoms with Gasteiger partial charge in [-0.3, -0.25) is 9.69 Å². The van der Waals surface area contributed by atoms with E-state index >= 15 is 0 Å². The van der Waals surface area contributed by atoms with E-state index < -0.39 is 0 Å². The first-order valence-electron chi connectivity index (χ1n) is 7.40. The summed E-state index contributed by atoms with van der Waals surface area (Å²) in [6.45, 7) is 6.85. The number of amides is 1. The van der Waals surface area contributed by atoms with Crippen LogP contribution in [-0.2, 0) is 4.79 Å². The number of rotatable bonds is 7. The molecule has 1 aliphatic rings. The summed E-state index contributed by atoms with van der Waals surface area (Å²) in [5.74, 6) is 0.762. The van der Waals surface area contributed by atoms with Crippen LogP contribution in [0.15, 0.2) is 11.6 Å². The number of carbonyl (C=O) groups excluding carboxylic acids is 1. The number of piperidine rings is 1. The number of nitrogens with zero attached hydrogens (tertiary/aromatic N) is 2. The zero-order valence-corrected chi connectivity index (χ0v) is 12.9. The predicted octanol–water partition coefficient (Wildman–Crippen LogP) is 1.79. The first kappa shape index (κ1) is 15.4. The maximum atomic E-state index is 12.0. The molecule has 1 aromatic rings. The van der Waals surface area contributed by atoms with Crippen LogP contribution in [0.2, 0.25) is 0 Å². The van der Waals surface area contributed by atoms with Crippen molar-refractivity contribution in [3.05, 3.63) is 11.6 Å². The molecular weight excluding hydrogens is 272 g/mol. The van der Waals surface area contributed by atoms with Crippen LogP contribution in [0.5, 0.6) is 0 Å². The molecule has 0 aromatic carbocycles. The number of hydrogen-bond donors (Lipinski definition) is 2. The molecule has 20 heavy (non-hydrogen) atoms. The lowest BCUT2D eigenvalue weighted by Gasteiger charge is -2.29. The molecule has 2 rings (SSSR count). The Morgan fingerprint density at radius 1 is 1.55 bits per heavy atom. The average Bonchev–Trinajstić information content (AvgIpc) is 2.93. The molecule has 5 nitrogen and oxygen atoms in total. The van der Waals surface area contributed by atoms with Crippen LogP contribution < -0.4 is 10.6 Å². The Kier molecular flexibility index (Phi) is 6.42. The van der Waals surface area contributed by atoms with Crippen molar-refractivity contribution in [2.24, 2.45) is 5.92 Å². The Bertz CT molecular complexity index is 390. The lowest BCUT2D eigenvalue weighted by molar-refractivity contribution is -0.117. The molecular formula is C14H24N4OS. The van der Waals surface area contributed by atoms with Crippen LogP contribution in [0.4, 0.5) is 5.13 Å². The third-order valence-electron chi connectivity index (χ3n) is 3.56. The largest absolute Gasteiger partial charge is 0.317 e. The Morgan fingerprint density at radius 2 is 2.35 bits per heavy atom. The molecule has 112 valence electrons. The van der Waals surface area contributed by atoms with Gasteiger partial charge in [0.25, 0.3) is 0 Å². The molecule has 0 aliphatic carbocycles. The quantitative estimate of drug-likeness (QED) is 0.805. The summed E-state index contributed by atoms with van der Waals surface area (Å²) in [7, 11) is 0. The van der Waals surface area contributed by atoms with Gasteiger partial charge in [-0.15, -0.1) is 11.3 Å². The van der Waals surface area contributed by atoms with E-state index in [0.29, 0.717) is 11.7 Å². The zero-order valence-electron chi connectivity index (χ0n) is 12.1. The Hall–Kier alpha value is -0.980. The highest BCUT2D eigenvalue weighted by molar-refractivity contribution is 7.13. The van der Waals surface area contributed by atoms with Gasteiger partial charge in [0.2, 0.25) is 5.91 Å². The van der Waals surface area contributed by atoms with Gasteiger partial charge < -0.3 is 10.6 Å². The van der Waals surface area contributed by atoms with Gasteiger partial charge in [0.15, 0.2) is 5.13 Å². The van der Waals surface area contributed by atoms with Crippen molar-refractivity contribution in [3.8, 4) is 0 Å². The van der Waals surface area contributed by atoms with Gasteiger partial charge in [0.1, 0.15) is 0 Å². The molecule has 0 unspecified atom stereocenters. The van der Waals surface area contributed by atoms with Crippen LogP contribution in [0.3, 0.4) is 0 Å². The lowest BCUT2D eigenvalue weighted by Crippen LogP contribution is -2.40. The topological polar surface area (TPSA) is 57.3 Å². The van der Waals surface area contributed by atoms with Crippen LogP contribution in [0.1, 0.15) is 26.2 Å². The molecule has 0 bridgehead atoms. The van der Waals surface area contributed by atoms with Crippen molar-refractivity contribution >= 4 is 22.4 Å². The van der Waals surface area contributed by atoms with Gasteiger partial charge in [0, 0.05) is 18.1 Å². The molecule has 1 aliphatic heterocycles. The second kappa shape index (κ2) is 8.34. The van der Waals surface area contributed by atoms with Crippen LogP contribution in [0.25, 0.3) is 0 Å². The van der Waals surface area contributed by atoms with Crippen molar-refractivity contribution in [1.82, 2.24) is 15.2 Å². The molecule has 1 fully saturated rings. The molecule has 1 amide bonds. The van der Waals surface area contributed by atoms with Crippen molar-refractivity contribution in [2.45, 2.75) is 26.2 Å². The van der Waals surface area contributed by atoms with Crippen molar-refractivity contribution in [3.63, 3.8) is 0 Å². The fourth-order valence-corrected chi connectivity index (χ4v) is 3.17. The smallest absolute Gasteiger partial charge is 0.240 e. The molecule has 0 atom stereocenters. The Labute approximate surface area is 124 Å². The first-order valence-corrected chi connectivity index (χ1v) is 8.28. The molecule has 2 N–H and O–H groups in total. The first-order chi connectivity index (χ1) is 9.78. The van der Waals surface area contributed by atoms with E-state index in [1.807, 2.05) is 5.38 Å². The third-order valence-corrected chi connectivity index (χ3v) is 4.25. The maximum absolute atomic E-state index is 12.0. The summed E-state index contributed by atoms with van der Waals surface area (Å²) in [6, 6.07) is 0. The van der Waals surface area contributed by atoms with Crippen molar-refractivity contribution in [2.75, 3.05) is 38.0 Å². The fraction of sp³-hybridized carbons (Fsp3) is 0.714. The maximum Gasteiger partial charge on any atom is 0.240 e. The van der Waals surface area contributed by atoms with E-state index in [4.69, 9.17) is 0 Å². The van der Waals surface area contributed by atoms with E-state index in [1.165, 1.54) is 24.2 Å². The number of hydrogen-bond acceptors (Lipinski definition) is 5. The minimum atomic E-state index is 0.0438. The number of carbonyl (C=O) groups is 1. The highest BCUT2D eigenvalue weighted by atomic mass is 32.1. The van der Waals surface area contributed by atoms with Crippen LogP contribution >= 0.6 is 11.3 Å². The summed E-state index contributed by atoms with van der Waals surface area (Å²) in [5, 5.41) is 8.81. The minimum Gasteiger partial charge on any atom is -0.317 e. The Morgan fingerprint density at radius 3 is 3.00 bits per heavy atom. The summed E-state index contributed by atoms with van der Waals surface area (Å²) >= 11 is 1.46. The third kappa shape index (κ3) is 5.19. The number of aromatic nitrogens is 1. The van der Waals surface area contributed by atoms with Gasteiger partial charge in [0.05, 0.1) is 6.54 Å². The zero-order chi connectivity index (χ0) is 14.2. The highest BCUT2D eigenvalue weighted by Crippen LogP contribution is 2.14. The molecule has 0 saturated carbocycles. The van der Waals surface area contributed by atoms with Crippen molar-refractivity contribution in [1.29, 1.82) is 0 Å². The van der Waals surface area contributed by atoms with Gasteiger partial charge in [-0.1, -0.05) is 6.92 Å². The minimum absolute atomic E-state index is 0.0438. The van der Waals surface area contributed by atoms with Crippen molar-refractivity contribution < 1.29 is 4.79 Å². The second-order valence-electron chi connectivity index (χ2n) is 5.31. The monoisotopic (exact) mass is 296 g/mol. The number of nitrogens with one attached hydrogen (secondary N) is 2.